The minimum absolute atomic E-state index is 0.876. The number of fused-ring (bicyclic) bond motifs is 7. The zero-order valence-corrected chi connectivity index (χ0v) is 32.1. The van der Waals surface area contributed by atoms with E-state index in [9.17, 15) is 0 Å². The molecular formula is C56H36N2O. The van der Waals surface area contributed by atoms with Crippen molar-refractivity contribution in [3.8, 4) is 50.6 Å². The van der Waals surface area contributed by atoms with Crippen LogP contribution in [0.4, 0.5) is 17.1 Å². The first-order valence-corrected chi connectivity index (χ1v) is 20.2. The minimum Gasteiger partial charge on any atom is -0.453 e. The van der Waals surface area contributed by atoms with Gasteiger partial charge in [-0.3, -0.25) is 0 Å². The molecule has 2 heterocycles. The highest BCUT2D eigenvalue weighted by Gasteiger charge is 2.23. The summed E-state index contributed by atoms with van der Waals surface area (Å²) in [4.78, 5) is 2.36. The van der Waals surface area contributed by atoms with Gasteiger partial charge in [-0.2, -0.15) is 0 Å². The van der Waals surface area contributed by atoms with E-state index in [2.05, 4.69) is 216 Å². The van der Waals surface area contributed by atoms with Crippen molar-refractivity contribution in [2.45, 2.75) is 0 Å². The first-order chi connectivity index (χ1) is 29.2. The fourth-order valence-corrected chi connectivity index (χ4v) is 9.18. The molecule has 0 fully saturated rings. The fraction of sp³-hybridized carbons (Fsp3) is 0. The Hall–Kier alpha value is -7.88. The summed E-state index contributed by atoms with van der Waals surface area (Å²) in [7, 11) is 0. The highest BCUT2D eigenvalue weighted by molar-refractivity contribution is 6.13. The molecule has 10 aromatic carbocycles. The molecular weight excluding hydrogens is 717 g/mol. The number of hydrogen-bond donors (Lipinski definition) is 0. The van der Waals surface area contributed by atoms with Crippen molar-refractivity contribution in [1.82, 2.24) is 4.57 Å². The standard InChI is InChI=1S/C56H36N2O/c1-3-14-46-38(10-1)12-7-16-48(46)40-24-31-44(32-25-40)57(45-33-26-41(27-34-45)49-17-8-13-39-11-2-4-15-47(39)49)43-29-22-37(23-30-43)42-28-35-52-51(36-42)50-18-9-21-55-56(50)58(52)53-19-5-6-20-54(53)59-55/h1-36H. The SMILES string of the molecule is c1ccc2c(c1)Oc1cccc3c4cc(-c5ccc(N(c6ccc(-c7cccc8ccccc78)cc6)c6ccc(-c7cccc8ccccc78)cc6)cc5)ccc4n-2c13. The summed E-state index contributed by atoms with van der Waals surface area (Å²) in [5.41, 5.74) is 13.8. The monoisotopic (exact) mass is 752 g/mol. The number of para-hydroxylation sites is 3. The maximum absolute atomic E-state index is 6.37. The molecule has 0 radical (unpaired) electrons. The van der Waals surface area contributed by atoms with Gasteiger partial charge in [0.2, 0.25) is 0 Å². The Morgan fingerprint density at radius 1 is 0.339 bits per heavy atom. The van der Waals surface area contributed by atoms with E-state index in [1.807, 2.05) is 12.1 Å². The van der Waals surface area contributed by atoms with Gasteiger partial charge in [0.1, 0.15) is 0 Å². The molecule has 1 aliphatic rings. The third kappa shape index (κ3) is 5.44. The molecule has 12 rings (SSSR count). The van der Waals surface area contributed by atoms with Crippen LogP contribution in [-0.2, 0) is 0 Å². The normalized spacial score (nSPS) is 11.9. The van der Waals surface area contributed by atoms with Crippen molar-refractivity contribution in [3.63, 3.8) is 0 Å². The Balaban J connectivity index is 0.944. The second-order valence-electron chi connectivity index (χ2n) is 15.3. The lowest BCUT2D eigenvalue weighted by molar-refractivity contribution is 0.476. The van der Waals surface area contributed by atoms with Crippen LogP contribution in [0, 0.1) is 0 Å². The fourth-order valence-electron chi connectivity index (χ4n) is 9.18. The quantitative estimate of drug-likeness (QED) is 0.168. The maximum Gasteiger partial charge on any atom is 0.152 e. The van der Waals surface area contributed by atoms with Crippen LogP contribution < -0.4 is 9.64 Å². The Kier molecular flexibility index (Phi) is 7.54. The van der Waals surface area contributed by atoms with Crippen LogP contribution in [0.3, 0.4) is 0 Å². The number of aromatic nitrogens is 1. The van der Waals surface area contributed by atoms with Crippen molar-refractivity contribution < 1.29 is 4.74 Å². The van der Waals surface area contributed by atoms with Crippen LogP contribution in [0.25, 0.3) is 82.4 Å². The van der Waals surface area contributed by atoms with E-state index in [-0.39, 0.29) is 0 Å². The van der Waals surface area contributed by atoms with Gasteiger partial charge in [-0.25, -0.2) is 0 Å². The van der Waals surface area contributed by atoms with Crippen molar-refractivity contribution in [1.29, 1.82) is 0 Å². The average molecular weight is 753 g/mol. The number of nitrogens with zero attached hydrogens (tertiary/aromatic N) is 2. The summed E-state index contributed by atoms with van der Waals surface area (Å²) in [5.74, 6) is 1.76. The molecule has 0 saturated carbocycles. The molecule has 1 aliphatic heterocycles. The van der Waals surface area contributed by atoms with Crippen molar-refractivity contribution in [2.24, 2.45) is 0 Å². The summed E-state index contributed by atoms with van der Waals surface area (Å²) in [6, 6.07) is 78.8. The third-order valence-electron chi connectivity index (χ3n) is 12.0. The van der Waals surface area contributed by atoms with E-state index in [0.717, 1.165) is 45.3 Å². The molecule has 3 nitrogen and oxygen atoms in total. The van der Waals surface area contributed by atoms with Gasteiger partial charge in [0, 0.05) is 27.8 Å². The van der Waals surface area contributed by atoms with Crippen LogP contribution in [0.5, 0.6) is 11.5 Å². The number of ether oxygens (including phenoxy) is 1. The summed E-state index contributed by atoms with van der Waals surface area (Å²) >= 11 is 0. The van der Waals surface area contributed by atoms with Crippen molar-refractivity contribution in [3.05, 3.63) is 218 Å². The Morgan fingerprint density at radius 3 is 1.44 bits per heavy atom. The average Bonchev–Trinajstić information content (AvgIpc) is 3.64. The van der Waals surface area contributed by atoms with E-state index >= 15 is 0 Å². The van der Waals surface area contributed by atoms with Gasteiger partial charge in [-0.05, 0) is 122 Å². The first kappa shape index (κ1) is 33.3. The highest BCUT2D eigenvalue weighted by atomic mass is 16.5. The smallest absolute Gasteiger partial charge is 0.152 e. The molecule has 0 N–H and O–H groups in total. The van der Waals surface area contributed by atoms with E-state index in [0.29, 0.717) is 0 Å². The molecule has 0 bridgehead atoms. The molecule has 11 aromatic rings. The molecule has 0 spiro atoms. The van der Waals surface area contributed by atoms with Gasteiger partial charge < -0.3 is 14.2 Å². The number of anilines is 3. The number of rotatable bonds is 6. The molecule has 0 amide bonds. The van der Waals surface area contributed by atoms with Gasteiger partial charge in [0.05, 0.1) is 16.7 Å². The van der Waals surface area contributed by atoms with Crippen LogP contribution in [-0.4, -0.2) is 4.57 Å². The summed E-state index contributed by atoms with van der Waals surface area (Å²) < 4.78 is 8.72. The number of hydrogen-bond acceptors (Lipinski definition) is 2. The Morgan fingerprint density at radius 2 is 0.814 bits per heavy atom. The molecule has 0 saturated heterocycles. The zero-order chi connectivity index (χ0) is 38.9. The third-order valence-corrected chi connectivity index (χ3v) is 12.0. The van der Waals surface area contributed by atoms with E-state index in [1.165, 1.54) is 65.7 Å². The lowest BCUT2D eigenvalue weighted by atomic mass is 9.97. The molecule has 1 aromatic heterocycles. The Bertz CT molecular complexity index is 3260. The zero-order valence-electron chi connectivity index (χ0n) is 32.1. The Labute approximate surface area is 342 Å². The van der Waals surface area contributed by atoms with Gasteiger partial charge in [0.15, 0.2) is 11.5 Å². The first-order valence-electron chi connectivity index (χ1n) is 20.2. The van der Waals surface area contributed by atoms with Crippen LogP contribution in [0.2, 0.25) is 0 Å². The van der Waals surface area contributed by atoms with E-state index in [4.69, 9.17) is 4.74 Å². The largest absolute Gasteiger partial charge is 0.453 e. The summed E-state index contributed by atoms with van der Waals surface area (Å²) in [6.45, 7) is 0. The molecule has 0 atom stereocenters. The lowest BCUT2D eigenvalue weighted by Crippen LogP contribution is -2.09. The minimum atomic E-state index is 0.876. The maximum atomic E-state index is 6.37. The van der Waals surface area contributed by atoms with Crippen LogP contribution in [0.1, 0.15) is 0 Å². The summed E-state index contributed by atoms with van der Waals surface area (Å²) in [6.07, 6.45) is 0. The predicted octanol–water partition coefficient (Wildman–Crippen LogP) is 15.7. The molecule has 0 aliphatic carbocycles. The van der Waals surface area contributed by atoms with E-state index < -0.39 is 0 Å². The topological polar surface area (TPSA) is 17.4 Å². The summed E-state index contributed by atoms with van der Waals surface area (Å²) in [5, 5.41) is 7.41. The van der Waals surface area contributed by atoms with Crippen molar-refractivity contribution >= 4 is 60.4 Å². The lowest BCUT2D eigenvalue weighted by Gasteiger charge is -2.26. The second kappa shape index (κ2) is 13.4. The predicted molar refractivity (Wildman–Crippen MR) is 247 cm³/mol. The highest BCUT2D eigenvalue weighted by Crippen LogP contribution is 2.46. The van der Waals surface area contributed by atoms with Gasteiger partial charge >= 0.3 is 0 Å². The number of benzene rings is 10. The van der Waals surface area contributed by atoms with Gasteiger partial charge in [-0.1, -0.05) is 152 Å². The molecule has 0 unspecified atom stereocenters. The van der Waals surface area contributed by atoms with E-state index in [1.54, 1.807) is 0 Å². The molecule has 3 heteroatoms. The van der Waals surface area contributed by atoms with Gasteiger partial charge in [0.25, 0.3) is 0 Å². The van der Waals surface area contributed by atoms with Crippen molar-refractivity contribution in [2.75, 3.05) is 4.90 Å². The second-order valence-corrected chi connectivity index (χ2v) is 15.3. The molecule has 59 heavy (non-hydrogen) atoms. The van der Waals surface area contributed by atoms with Gasteiger partial charge in [-0.15, -0.1) is 0 Å². The molecule has 276 valence electrons. The van der Waals surface area contributed by atoms with Crippen LogP contribution in [0.15, 0.2) is 218 Å². The van der Waals surface area contributed by atoms with Crippen LogP contribution >= 0.6 is 0 Å².